The molecule has 3 aromatic rings. The Balaban J connectivity index is 1.48. The molecule has 3 heterocycles. The van der Waals surface area contributed by atoms with E-state index in [4.69, 9.17) is 13.9 Å². The summed E-state index contributed by atoms with van der Waals surface area (Å²) >= 11 is 1.10. The first kappa shape index (κ1) is 23.1. The lowest BCUT2D eigenvalue weighted by molar-refractivity contribution is -0.161. The maximum Gasteiger partial charge on any atom is 0.406 e. The number of hydrogen-bond acceptors (Lipinski definition) is 6. The summed E-state index contributed by atoms with van der Waals surface area (Å²) in [5.74, 6) is 0.768. The van der Waals surface area contributed by atoms with E-state index in [9.17, 15) is 18.0 Å². The quantitative estimate of drug-likeness (QED) is 0.438. The van der Waals surface area contributed by atoms with Crippen LogP contribution in [0.1, 0.15) is 12.7 Å². The van der Waals surface area contributed by atoms with E-state index in [-0.39, 0.29) is 18.1 Å². The molecule has 1 amide bonds. The van der Waals surface area contributed by atoms with Crippen LogP contribution in [0.2, 0.25) is 0 Å². The first-order valence-corrected chi connectivity index (χ1v) is 11.3. The number of fused-ring (bicyclic) bond motifs is 1. The number of carbonyl (C=O) groups is 1. The van der Waals surface area contributed by atoms with Crippen molar-refractivity contribution in [2.75, 3.05) is 25.5 Å². The largest absolute Gasteiger partial charge is 0.486 e. The SMILES string of the molecule is CCn1c(-c2ccc3c(c2)OCCO3)cnc1SCC(=O)N(Cc1ccco1)CC(F)(F)F. The van der Waals surface area contributed by atoms with Gasteiger partial charge in [0.05, 0.1) is 30.5 Å². The Morgan fingerprint density at radius 3 is 2.70 bits per heavy atom. The molecule has 176 valence electrons. The van der Waals surface area contributed by atoms with Crippen LogP contribution >= 0.6 is 11.8 Å². The van der Waals surface area contributed by atoms with Gasteiger partial charge in [0.2, 0.25) is 5.91 Å². The Kier molecular flexibility index (Phi) is 6.87. The van der Waals surface area contributed by atoms with Gasteiger partial charge in [0, 0.05) is 12.1 Å². The Labute approximate surface area is 192 Å². The summed E-state index contributed by atoms with van der Waals surface area (Å²) in [5.41, 5.74) is 1.68. The van der Waals surface area contributed by atoms with E-state index in [1.807, 2.05) is 29.7 Å². The lowest BCUT2D eigenvalue weighted by atomic mass is 10.1. The van der Waals surface area contributed by atoms with Crippen molar-refractivity contribution in [3.05, 3.63) is 48.6 Å². The lowest BCUT2D eigenvalue weighted by Crippen LogP contribution is -2.39. The van der Waals surface area contributed by atoms with Crippen molar-refractivity contribution in [2.24, 2.45) is 0 Å². The smallest absolute Gasteiger partial charge is 0.406 e. The molecule has 0 spiro atoms. The van der Waals surface area contributed by atoms with E-state index in [0.29, 0.717) is 36.4 Å². The number of aromatic nitrogens is 2. The standard InChI is InChI=1S/C22H22F3N3O4S/c1-2-28-17(15-5-6-18-19(10-15)32-9-8-31-18)11-26-21(28)33-13-20(29)27(14-22(23,24)25)12-16-4-3-7-30-16/h3-7,10-11H,2,8-9,12-14H2,1H3. The highest BCUT2D eigenvalue weighted by atomic mass is 32.2. The highest BCUT2D eigenvalue weighted by molar-refractivity contribution is 7.99. The van der Waals surface area contributed by atoms with Crippen molar-refractivity contribution in [3.63, 3.8) is 0 Å². The van der Waals surface area contributed by atoms with Crippen molar-refractivity contribution in [2.45, 2.75) is 31.3 Å². The number of halogens is 3. The van der Waals surface area contributed by atoms with Crippen molar-refractivity contribution in [1.29, 1.82) is 0 Å². The van der Waals surface area contributed by atoms with Crippen LogP contribution in [0.5, 0.6) is 11.5 Å². The van der Waals surface area contributed by atoms with Gasteiger partial charge in [-0.25, -0.2) is 4.98 Å². The molecular weight excluding hydrogens is 459 g/mol. The molecule has 0 unspecified atom stereocenters. The fourth-order valence-corrected chi connectivity index (χ4v) is 4.42. The van der Waals surface area contributed by atoms with E-state index in [2.05, 4.69) is 4.98 Å². The highest BCUT2D eigenvalue weighted by Gasteiger charge is 2.33. The predicted molar refractivity (Wildman–Crippen MR) is 115 cm³/mol. The number of ether oxygens (including phenoxy) is 2. The zero-order valence-corrected chi connectivity index (χ0v) is 18.6. The fraction of sp³-hybridized carbons (Fsp3) is 0.364. The van der Waals surface area contributed by atoms with Gasteiger partial charge in [-0.3, -0.25) is 4.79 Å². The maximum atomic E-state index is 13.0. The van der Waals surface area contributed by atoms with Gasteiger partial charge in [-0.15, -0.1) is 0 Å². The number of nitrogens with zero attached hydrogens (tertiary/aromatic N) is 3. The van der Waals surface area contributed by atoms with Gasteiger partial charge in [-0.2, -0.15) is 13.2 Å². The number of imidazole rings is 1. The zero-order chi connectivity index (χ0) is 23.4. The lowest BCUT2D eigenvalue weighted by Gasteiger charge is -2.23. The van der Waals surface area contributed by atoms with Gasteiger partial charge < -0.3 is 23.4 Å². The average molecular weight is 481 g/mol. The van der Waals surface area contributed by atoms with Gasteiger partial charge in [0.15, 0.2) is 16.7 Å². The van der Waals surface area contributed by atoms with Gasteiger partial charge in [0.1, 0.15) is 25.5 Å². The van der Waals surface area contributed by atoms with Gasteiger partial charge in [-0.1, -0.05) is 11.8 Å². The first-order valence-electron chi connectivity index (χ1n) is 10.3. The third kappa shape index (κ3) is 5.65. The van der Waals surface area contributed by atoms with Crippen molar-refractivity contribution in [3.8, 4) is 22.8 Å². The zero-order valence-electron chi connectivity index (χ0n) is 17.8. The molecule has 4 rings (SSSR count). The fourth-order valence-electron chi connectivity index (χ4n) is 3.47. The predicted octanol–water partition coefficient (Wildman–Crippen LogP) is 4.62. The average Bonchev–Trinajstić information content (AvgIpc) is 3.45. The summed E-state index contributed by atoms with van der Waals surface area (Å²) in [6.45, 7) is 1.87. The molecule has 1 aliphatic rings. The number of amides is 1. The Hall–Kier alpha value is -3.08. The van der Waals surface area contributed by atoms with E-state index in [1.165, 1.54) is 12.3 Å². The number of alkyl halides is 3. The molecule has 7 nitrogen and oxygen atoms in total. The molecule has 1 aromatic carbocycles. The van der Waals surface area contributed by atoms with Crippen LogP contribution in [0.15, 0.2) is 52.4 Å². The number of thioether (sulfide) groups is 1. The van der Waals surface area contributed by atoms with Crippen LogP contribution in [-0.4, -0.2) is 52.0 Å². The van der Waals surface area contributed by atoms with E-state index in [0.717, 1.165) is 27.9 Å². The van der Waals surface area contributed by atoms with Crippen LogP contribution in [0.3, 0.4) is 0 Å². The maximum absolute atomic E-state index is 13.0. The van der Waals surface area contributed by atoms with Crippen molar-refractivity contribution in [1.82, 2.24) is 14.5 Å². The summed E-state index contributed by atoms with van der Waals surface area (Å²) in [4.78, 5) is 17.8. The number of benzene rings is 1. The number of rotatable bonds is 8. The minimum atomic E-state index is -4.51. The Morgan fingerprint density at radius 2 is 2.00 bits per heavy atom. The Bertz CT molecular complexity index is 1100. The van der Waals surface area contributed by atoms with Crippen molar-refractivity contribution < 1.29 is 31.9 Å². The third-order valence-corrected chi connectivity index (χ3v) is 5.92. The van der Waals surface area contributed by atoms with E-state index in [1.54, 1.807) is 12.3 Å². The van der Waals surface area contributed by atoms with E-state index < -0.39 is 18.6 Å². The molecule has 33 heavy (non-hydrogen) atoms. The molecule has 0 atom stereocenters. The third-order valence-electron chi connectivity index (χ3n) is 4.95. The van der Waals surface area contributed by atoms with Crippen LogP contribution in [0, 0.1) is 0 Å². The molecule has 0 bridgehead atoms. The normalized spacial score (nSPS) is 13.2. The summed E-state index contributed by atoms with van der Waals surface area (Å²) in [5, 5.41) is 0.542. The summed E-state index contributed by atoms with van der Waals surface area (Å²) in [7, 11) is 0. The molecular formula is C22H22F3N3O4S. The summed E-state index contributed by atoms with van der Waals surface area (Å²) in [6.07, 6.45) is -1.48. The molecule has 0 radical (unpaired) electrons. The topological polar surface area (TPSA) is 69.7 Å². The second-order valence-corrected chi connectivity index (χ2v) is 8.20. The van der Waals surface area contributed by atoms with Crippen LogP contribution < -0.4 is 9.47 Å². The molecule has 11 heteroatoms. The highest BCUT2D eigenvalue weighted by Crippen LogP contribution is 2.35. The van der Waals surface area contributed by atoms with Crippen molar-refractivity contribution >= 4 is 17.7 Å². The molecule has 0 fully saturated rings. The molecule has 0 saturated heterocycles. The molecule has 0 aliphatic carbocycles. The van der Waals surface area contributed by atoms with Gasteiger partial charge >= 0.3 is 6.18 Å². The van der Waals surface area contributed by atoms with Crippen LogP contribution in [0.25, 0.3) is 11.3 Å². The van der Waals surface area contributed by atoms with Crippen LogP contribution in [0.4, 0.5) is 13.2 Å². The molecule has 2 aromatic heterocycles. The minimum Gasteiger partial charge on any atom is -0.486 e. The number of hydrogen-bond donors (Lipinski definition) is 0. The minimum absolute atomic E-state index is 0.186. The molecule has 1 aliphatic heterocycles. The van der Waals surface area contributed by atoms with Gasteiger partial charge in [-0.05, 0) is 37.3 Å². The first-order chi connectivity index (χ1) is 15.8. The van der Waals surface area contributed by atoms with Crippen LogP contribution in [-0.2, 0) is 17.9 Å². The molecule has 0 N–H and O–H groups in total. The Morgan fingerprint density at radius 1 is 1.21 bits per heavy atom. The van der Waals surface area contributed by atoms with Gasteiger partial charge in [0.25, 0.3) is 0 Å². The second-order valence-electron chi connectivity index (χ2n) is 7.26. The molecule has 0 saturated carbocycles. The number of furan rings is 1. The summed E-state index contributed by atoms with van der Waals surface area (Å²) < 4.78 is 57.3. The number of carbonyl (C=O) groups excluding carboxylic acids is 1. The second kappa shape index (κ2) is 9.82. The summed E-state index contributed by atoms with van der Waals surface area (Å²) in [6, 6.07) is 8.69. The monoisotopic (exact) mass is 481 g/mol. The van der Waals surface area contributed by atoms with E-state index >= 15 is 0 Å².